The van der Waals surface area contributed by atoms with Crippen LogP contribution in [0.3, 0.4) is 0 Å². The van der Waals surface area contributed by atoms with Gasteiger partial charge in [-0.25, -0.2) is 4.79 Å². The standard InChI is InChI=1S/C4H7NO7S/c5-13(10,11)12-4(9)2(6)1-3(7)8/h2,6H,1H2,(H,7,8)(H2,5,10,11). The maximum absolute atomic E-state index is 10.5. The summed E-state index contributed by atoms with van der Waals surface area (Å²) in [6.07, 6.45) is -3.00. The first-order valence-corrected chi connectivity index (χ1v) is 4.35. The molecular weight excluding hydrogens is 206 g/mol. The van der Waals surface area contributed by atoms with E-state index in [9.17, 15) is 18.0 Å². The molecule has 0 spiro atoms. The lowest BCUT2D eigenvalue weighted by molar-refractivity contribution is -0.150. The second-order valence-corrected chi connectivity index (χ2v) is 3.16. The van der Waals surface area contributed by atoms with Gasteiger partial charge in [0.05, 0.1) is 6.42 Å². The lowest BCUT2D eigenvalue weighted by Crippen LogP contribution is -2.30. The lowest BCUT2D eigenvalue weighted by Gasteiger charge is -2.05. The predicted octanol–water partition coefficient (Wildman–Crippen LogP) is -2.43. The van der Waals surface area contributed by atoms with Gasteiger partial charge in [-0.3, -0.25) is 4.79 Å². The van der Waals surface area contributed by atoms with Crippen LogP contribution in [0.25, 0.3) is 0 Å². The van der Waals surface area contributed by atoms with Crippen molar-refractivity contribution < 1.29 is 32.4 Å². The third-order valence-electron chi connectivity index (χ3n) is 0.838. The highest BCUT2D eigenvalue weighted by atomic mass is 32.2. The quantitative estimate of drug-likeness (QED) is 0.470. The van der Waals surface area contributed by atoms with Gasteiger partial charge in [0.25, 0.3) is 0 Å². The van der Waals surface area contributed by atoms with E-state index < -0.39 is 34.8 Å². The third-order valence-corrected chi connectivity index (χ3v) is 1.23. The number of hydrogen-bond acceptors (Lipinski definition) is 6. The van der Waals surface area contributed by atoms with Crippen LogP contribution in [0.1, 0.15) is 6.42 Å². The molecule has 9 heteroatoms. The van der Waals surface area contributed by atoms with Gasteiger partial charge in [-0.05, 0) is 0 Å². The van der Waals surface area contributed by atoms with E-state index in [4.69, 9.17) is 10.2 Å². The normalized spacial score (nSPS) is 13.4. The Morgan fingerprint density at radius 3 is 2.23 bits per heavy atom. The molecule has 8 nitrogen and oxygen atoms in total. The van der Waals surface area contributed by atoms with Crippen molar-refractivity contribution in [3.05, 3.63) is 0 Å². The van der Waals surface area contributed by atoms with Crippen molar-refractivity contribution in [1.82, 2.24) is 0 Å². The molecule has 1 atom stereocenters. The van der Waals surface area contributed by atoms with E-state index in [1.54, 1.807) is 0 Å². The molecule has 0 aliphatic carbocycles. The fraction of sp³-hybridized carbons (Fsp3) is 0.500. The van der Waals surface area contributed by atoms with Crippen molar-refractivity contribution in [2.75, 3.05) is 0 Å². The number of nitrogens with two attached hydrogens (primary N) is 1. The summed E-state index contributed by atoms with van der Waals surface area (Å²) in [7, 11) is -4.51. The van der Waals surface area contributed by atoms with E-state index in [0.717, 1.165) is 0 Å². The molecule has 0 rings (SSSR count). The van der Waals surface area contributed by atoms with Gasteiger partial charge in [0.15, 0.2) is 6.10 Å². The molecule has 0 saturated heterocycles. The molecular formula is C4H7NO7S. The minimum Gasteiger partial charge on any atom is -0.481 e. The first-order chi connectivity index (χ1) is 5.72. The molecule has 0 heterocycles. The topological polar surface area (TPSA) is 144 Å². The minimum absolute atomic E-state index is 0.950. The van der Waals surface area contributed by atoms with Crippen LogP contribution >= 0.6 is 0 Å². The number of aliphatic hydroxyl groups excluding tert-OH is 1. The molecule has 0 saturated carbocycles. The van der Waals surface area contributed by atoms with Crippen LogP contribution in [0.2, 0.25) is 0 Å². The highest BCUT2D eigenvalue weighted by molar-refractivity contribution is 7.84. The SMILES string of the molecule is NS(=O)(=O)OC(=O)C(O)CC(=O)O. The molecule has 0 radical (unpaired) electrons. The second-order valence-electron chi connectivity index (χ2n) is 2.01. The average Bonchev–Trinajstić information content (AvgIpc) is 1.81. The van der Waals surface area contributed by atoms with Gasteiger partial charge in [0.1, 0.15) is 0 Å². The Hall–Kier alpha value is -1.19. The molecule has 0 aromatic rings. The molecule has 4 N–H and O–H groups in total. The van der Waals surface area contributed by atoms with Crippen molar-refractivity contribution in [1.29, 1.82) is 0 Å². The Labute approximate surface area is 73.2 Å². The smallest absolute Gasteiger partial charge is 0.382 e. The average molecular weight is 213 g/mol. The zero-order valence-electron chi connectivity index (χ0n) is 6.21. The zero-order chi connectivity index (χ0) is 10.6. The Morgan fingerprint density at radius 2 is 1.92 bits per heavy atom. The lowest BCUT2D eigenvalue weighted by atomic mass is 10.3. The Bertz CT molecular complexity index is 306. The van der Waals surface area contributed by atoms with Gasteiger partial charge in [0, 0.05) is 0 Å². The summed E-state index contributed by atoms with van der Waals surface area (Å²) in [5, 5.41) is 21.0. The van der Waals surface area contributed by atoms with E-state index in [1.807, 2.05) is 0 Å². The first kappa shape index (κ1) is 11.8. The summed E-state index contributed by atoms with van der Waals surface area (Å²) in [6, 6.07) is 0. The molecule has 0 aromatic heterocycles. The number of rotatable bonds is 4. The van der Waals surface area contributed by atoms with Crippen molar-refractivity contribution >= 4 is 22.2 Å². The summed E-state index contributed by atoms with van der Waals surface area (Å²) in [5.74, 6) is -3.09. The number of aliphatic carboxylic acids is 1. The summed E-state index contributed by atoms with van der Waals surface area (Å²) >= 11 is 0. The van der Waals surface area contributed by atoms with Gasteiger partial charge in [0.2, 0.25) is 0 Å². The van der Waals surface area contributed by atoms with Gasteiger partial charge in [-0.2, -0.15) is 13.6 Å². The minimum atomic E-state index is -4.51. The maximum atomic E-state index is 10.5. The Balaban J connectivity index is 4.21. The second kappa shape index (κ2) is 4.16. The van der Waals surface area contributed by atoms with Crippen molar-refractivity contribution in [3.8, 4) is 0 Å². The Morgan fingerprint density at radius 1 is 1.46 bits per heavy atom. The van der Waals surface area contributed by atoms with Gasteiger partial charge in [-0.1, -0.05) is 0 Å². The van der Waals surface area contributed by atoms with Crippen molar-refractivity contribution in [3.63, 3.8) is 0 Å². The summed E-state index contributed by atoms with van der Waals surface area (Å²) in [6.45, 7) is 0. The fourth-order valence-corrected chi connectivity index (χ4v) is 0.759. The van der Waals surface area contributed by atoms with E-state index in [-0.39, 0.29) is 0 Å². The number of hydrogen-bond donors (Lipinski definition) is 3. The van der Waals surface area contributed by atoms with Crippen LogP contribution in [0.5, 0.6) is 0 Å². The Kier molecular flexibility index (Phi) is 3.78. The number of carboxylic acids is 1. The molecule has 76 valence electrons. The van der Waals surface area contributed by atoms with Gasteiger partial charge >= 0.3 is 22.2 Å². The first-order valence-electron chi connectivity index (χ1n) is 2.88. The summed E-state index contributed by atoms with van der Waals surface area (Å²) in [5.41, 5.74) is 0. The number of carbonyl (C=O) groups is 2. The fourth-order valence-electron chi connectivity index (χ4n) is 0.419. The molecule has 1 unspecified atom stereocenters. The third kappa shape index (κ3) is 6.02. The van der Waals surface area contributed by atoms with Crippen LogP contribution in [-0.2, 0) is 24.1 Å². The molecule has 0 aromatic carbocycles. The maximum Gasteiger partial charge on any atom is 0.382 e. The van der Waals surface area contributed by atoms with Crippen molar-refractivity contribution in [2.24, 2.45) is 5.14 Å². The van der Waals surface area contributed by atoms with E-state index in [2.05, 4.69) is 9.32 Å². The van der Waals surface area contributed by atoms with Gasteiger partial charge in [-0.15, -0.1) is 0 Å². The molecule has 0 amide bonds. The van der Waals surface area contributed by atoms with E-state index in [1.165, 1.54) is 0 Å². The highest BCUT2D eigenvalue weighted by Gasteiger charge is 2.23. The van der Waals surface area contributed by atoms with Crippen LogP contribution in [0.15, 0.2) is 0 Å². The van der Waals surface area contributed by atoms with Crippen molar-refractivity contribution in [2.45, 2.75) is 12.5 Å². The summed E-state index contributed by atoms with van der Waals surface area (Å²) in [4.78, 5) is 20.4. The molecule has 0 aliphatic rings. The number of carbonyl (C=O) groups excluding carboxylic acids is 1. The highest BCUT2D eigenvalue weighted by Crippen LogP contribution is 1.96. The number of aliphatic hydroxyl groups is 1. The van der Waals surface area contributed by atoms with E-state index in [0.29, 0.717) is 0 Å². The predicted molar refractivity (Wildman–Crippen MR) is 37.5 cm³/mol. The monoisotopic (exact) mass is 213 g/mol. The molecule has 0 fully saturated rings. The zero-order valence-corrected chi connectivity index (χ0v) is 7.02. The van der Waals surface area contributed by atoms with Crippen LogP contribution in [0, 0.1) is 0 Å². The van der Waals surface area contributed by atoms with Crippen LogP contribution < -0.4 is 5.14 Å². The number of carboxylic acid groups (broad SMARTS) is 1. The largest absolute Gasteiger partial charge is 0.481 e. The molecule has 13 heavy (non-hydrogen) atoms. The molecule has 0 bridgehead atoms. The van der Waals surface area contributed by atoms with E-state index >= 15 is 0 Å². The van der Waals surface area contributed by atoms with Crippen LogP contribution in [-0.4, -0.2) is 36.7 Å². The van der Waals surface area contributed by atoms with Gasteiger partial charge < -0.3 is 14.4 Å². The summed E-state index contributed by atoms with van der Waals surface area (Å²) < 4.78 is 23.7. The molecule has 0 aliphatic heterocycles. The van der Waals surface area contributed by atoms with Crippen LogP contribution in [0.4, 0.5) is 0 Å².